The summed E-state index contributed by atoms with van der Waals surface area (Å²) in [5.74, 6) is -0.326. The maximum Gasteiger partial charge on any atom is 0.338 e. The van der Waals surface area contributed by atoms with Gasteiger partial charge in [-0.2, -0.15) is 0 Å². The maximum atomic E-state index is 11.2. The van der Waals surface area contributed by atoms with Crippen LogP contribution in [0.2, 0.25) is 0 Å². The van der Waals surface area contributed by atoms with Crippen molar-refractivity contribution in [3.63, 3.8) is 0 Å². The fourth-order valence-electron chi connectivity index (χ4n) is 1.19. The largest absolute Gasteiger partial charge is 0.458 e. The average Bonchev–Trinajstić information content (AvgIpc) is 2.48. The molecule has 2 aromatic carbocycles. The highest BCUT2D eigenvalue weighted by Crippen LogP contribution is 2.11. The van der Waals surface area contributed by atoms with Gasteiger partial charge in [-0.1, -0.05) is 65.0 Å². The van der Waals surface area contributed by atoms with Crippen molar-refractivity contribution in [2.75, 3.05) is 6.61 Å². The highest BCUT2D eigenvalue weighted by Gasteiger charge is 2.04. The van der Waals surface area contributed by atoms with Crippen LogP contribution in [0.15, 0.2) is 77.8 Å². The maximum absolute atomic E-state index is 11.2. The molecule has 19 heavy (non-hydrogen) atoms. The second-order valence-corrected chi connectivity index (χ2v) is 4.46. The Kier molecular flexibility index (Phi) is 7.28. The van der Waals surface area contributed by atoms with Crippen LogP contribution in [0.4, 0.5) is 0 Å². The van der Waals surface area contributed by atoms with Gasteiger partial charge in [0.05, 0.1) is 5.56 Å². The monoisotopic (exact) mass is 318 g/mol. The molecule has 2 aromatic rings. The number of ether oxygens (including phenoxy) is 1. The molecular weight excluding hydrogens is 304 g/mol. The van der Waals surface area contributed by atoms with E-state index < -0.39 is 0 Å². The van der Waals surface area contributed by atoms with Crippen molar-refractivity contribution in [3.05, 3.63) is 83.4 Å². The third-order valence-electron chi connectivity index (χ3n) is 2.08. The fraction of sp³-hybridized carbons (Fsp3) is 0.0625. The lowest BCUT2D eigenvalue weighted by Gasteiger charge is -2.00. The Morgan fingerprint density at radius 3 is 1.95 bits per heavy atom. The molecule has 0 aromatic heterocycles. The van der Waals surface area contributed by atoms with E-state index in [9.17, 15) is 4.79 Å². The van der Waals surface area contributed by atoms with Crippen molar-refractivity contribution in [3.8, 4) is 0 Å². The molecule has 0 saturated heterocycles. The first-order valence-corrected chi connectivity index (χ1v) is 6.57. The van der Waals surface area contributed by atoms with Crippen molar-refractivity contribution in [2.45, 2.75) is 0 Å². The van der Waals surface area contributed by atoms with E-state index >= 15 is 0 Å². The molecule has 2 nitrogen and oxygen atoms in total. The normalized spacial score (nSPS) is 8.89. The third-order valence-corrected chi connectivity index (χ3v) is 2.61. The molecule has 3 heteroatoms. The summed E-state index contributed by atoms with van der Waals surface area (Å²) in [5, 5.41) is 0. The minimum Gasteiger partial charge on any atom is -0.458 e. The zero-order valence-corrected chi connectivity index (χ0v) is 12.0. The Labute approximate surface area is 121 Å². The first kappa shape index (κ1) is 15.2. The molecule has 98 valence electrons. The van der Waals surface area contributed by atoms with Crippen LogP contribution in [0.1, 0.15) is 10.4 Å². The Bertz CT molecular complexity index is 465. The minimum absolute atomic E-state index is 0.245. The van der Waals surface area contributed by atoms with Gasteiger partial charge >= 0.3 is 5.97 Å². The Morgan fingerprint density at radius 1 is 1.05 bits per heavy atom. The number of carbonyl (C=O) groups is 1. The van der Waals surface area contributed by atoms with E-state index in [1.54, 1.807) is 24.3 Å². The highest BCUT2D eigenvalue weighted by atomic mass is 79.9. The molecule has 0 spiro atoms. The molecule has 2 rings (SSSR count). The number of carbonyl (C=O) groups excluding carboxylic acids is 1. The molecule has 0 radical (unpaired) electrons. The molecule has 0 N–H and O–H groups in total. The quantitative estimate of drug-likeness (QED) is 0.616. The Balaban J connectivity index is 0.000000250. The van der Waals surface area contributed by atoms with Crippen LogP contribution in [-0.2, 0) is 4.74 Å². The number of hydrogen-bond donors (Lipinski definition) is 0. The molecule has 0 aliphatic rings. The van der Waals surface area contributed by atoms with Gasteiger partial charge in [-0.15, -0.1) is 0 Å². The zero-order valence-electron chi connectivity index (χ0n) is 10.5. The van der Waals surface area contributed by atoms with E-state index in [1.165, 1.54) is 6.08 Å². The summed E-state index contributed by atoms with van der Waals surface area (Å²) in [5.41, 5.74) is 0.546. The SMILES string of the molecule is C=CCOC(=O)c1ccc(Br)cc1.c1ccccc1. The van der Waals surface area contributed by atoms with Gasteiger partial charge < -0.3 is 4.74 Å². The van der Waals surface area contributed by atoms with Crippen LogP contribution < -0.4 is 0 Å². The van der Waals surface area contributed by atoms with Gasteiger partial charge in [0.2, 0.25) is 0 Å². The van der Waals surface area contributed by atoms with Crippen LogP contribution >= 0.6 is 15.9 Å². The van der Waals surface area contributed by atoms with E-state index in [0.717, 1.165) is 4.47 Å². The van der Waals surface area contributed by atoms with Crippen LogP contribution in [0.3, 0.4) is 0 Å². The fourth-order valence-corrected chi connectivity index (χ4v) is 1.45. The number of rotatable bonds is 3. The predicted molar refractivity (Wildman–Crippen MR) is 81.1 cm³/mol. The zero-order chi connectivity index (χ0) is 13.9. The molecule has 0 aliphatic carbocycles. The van der Waals surface area contributed by atoms with Gasteiger partial charge in [0, 0.05) is 4.47 Å². The van der Waals surface area contributed by atoms with Gasteiger partial charge in [-0.25, -0.2) is 4.79 Å². The van der Waals surface area contributed by atoms with Gasteiger partial charge in [0.25, 0.3) is 0 Å². The number of hydrogen-bond acceptors (Lipinski definition) is 2. The topological polar surface area (TPSA) is 26.3 Å². The second-order valence-electron chi connectivity index (χ2n) is 3.55. The molecule has 0 unspecified atom stereocenters. The van der Waals surface area contributed by atoms with Gasteiger partial charge in [-0.3, -0.25) is 0 Å². The summed E-state index contributed by atoms with van der Waals surface area (Å²) < 4.78 is 5.78. The minimum atomic E-state index is -0.326. The summed E-state index contributed by atoms with van der Waals surface area (Å²) in [7, 11) is 0. The van der Waals surface area contributed by atoms with E-state index in [2.05, 4.69) is 22.5 Å². The van der Waals surface area contributed by atoms with E-state index in [1.807, 2.05) is 36.4 Å². The molecule has 0 aliphatic heterocycles. The number of esters is 1. The van der Waals surface area contributed by atoms with Crippen LogP contribution in [-0.4, -0.2) is 12.6 Å². The van der Waals surface area contributed by atoms with Gasteiger partial charge in [-0.05, 0) is 24.3 Å². The van der Waals surface area contributed by atoms with E-state index in [4.69, 9.17) is 4.74 Å². The Hall–Kier alpha value is -1.87. The van der Waals surface area contributed by atoms with Crippen molar-refractivity contribution in [1.29, 1.82) is 0 Å². The number of benzene rings is 2. The smallest absolute Gasteiger partial charge is 0.338 e. The summed E-state index contributed by atoms with van der Waals surface area (Å²) in [4.78, 5) is 11.2. The lowest BCUT2D eigenvalue weighted by molar-refractivity contribution is 0.0549. The summed E-state index contributed by atoms with van der Waals surface area (Å²) in [6, 6.07) is 19.0. The van der Waals surface area contributed by atoms with Crippen LogP contribution in [0, 0.1) is 0 Å². The molecular formula is C16H15BrO2. The van der Waals surface area contributed by atoms with Crippen LogP contribution in [0.25, 0.3) is 0 Å². The first-order chi connectivity index (χ1) is 9.24. The number of halogens is 1. The average molecular weight is 319 g/mol. The third kappa shape index (κ3) is 6.58. The molecule has 0 bridgehead atoms. The summed E-state index contributed by atoms with van der Waals surface area (Å²) in [6.45, 7) is 3.70. The molecule has 0 amide bonds. The summed E-state index contributed by atoms with van der Waals surface area (Å²) in [6.07, 6.45) is 1.54. The van der Waals surface area contributed by atoms with E-state index in [0.29, 0.717) is 5.56 Å². The molecule has 0 atom stereocenters. The van der Waals surface area contributed by atoms with Crippen molar-refractivity contribution >= 4 is 21.9 Å². The van der Waals surface area contributed by atoms with E-state index in [-0.39, 0.29) is 12.6 Å². The van der Waals surface area contributed by atoms with Crippen molar-refractivity contribution < 1.29 is 9.53 Å². The van der Waals surface area contributed by atoms with Crippen molar-refractivity contribution in [2.24, 2.45) is 0 Å². The van der Waals surface area contributed by atoms with Crippen LogP contribution in [0.5, 0.6) is 0 Å². The van der Waals surface area contributed by atoms with Gasteiger partial charge in [0.1, 0.15) is 6.61 Å². The molecule has 0 saturated carbocycles. The molecule has 0 fully saturated rings. The summed E-state index contributed by atoms with van der Waals surface area (Å²) >= 11 is 3.28. The first-order valence-electron chi connectivity index (χ1n) is 5.77. The Morgan fingerprint density at radius 2 is 1.53 bits per heavy atom. The lowest BCUT2D eigenvalue weighted by Crippen LogP contribution is -2.04. The predicted octanol–water partition coefficient (Wildman–Crippen LogP) is 4.48. The second kappa shape index (κ2) is 9.11. The highest BCUT2D eigenvalue weighted by molar-refractivity contribution is 9.10. The molecule has 0 heterocycles. The van der Waals surface area contributed by atoms with Crippen molar-refractivity contribution in [1.82, 2.24) is 0 Å². The van der Waals surface area contributed by atoms with Gasteiger partial charge in [0.15, 0.2) is 0 Å². The standard InChI is InChI=1S/C10H9BrO2.C6H6/c1-2-7-13-10(12)8-3-5-9(11)6-4-8;1-2-4-6-5-3-1/h2-6H,1,7H2;1-6H. The lowest BCUT2D eigenvalue weighted by atomic mass is 10.2.